The monoisotopic (exact) mass is 399 g/mol. The molecular weight excluding hydrogens is 383 g/mol. The van der Waals surface area contributed by atoms with Crippen LogP contribution in [0.3, 0.4) is 0 Å². The van der Waals surface area contributed by atoms with Gasteiger partial charge in [0.2, 0.25) is 0 Å². The lowest BCUT2D eigenvalue weighted by atomic mass is 10.2. The van der Waals surface area contributed by atoms with Crippen LogP contribution in [0.2, 0.25) is 10.0 Å². The molecule has 0 atom stereocenters. The second kappa shape index (κ2) is 8.20. The number of anilines is 1. The van der Waals surface area contributed by atoms with E-state index in [1.54, 1.807) is 11.0 Å². The molecule has 0 aliphatic carbocycles. The van der Waals surface area contributed by atoms with E-state index in [0.717, 1.165) is 17.7 Å². The Morgan fingerprint density at radius 2 is 1.73 bits per heavy atom. The van der Waals surface area contributed by atoms with Crippen molar-refractivity contribution in [3.63, 3.8) is 0 Å². The van der Waals surface area contributed by atoms with Gasteiger partial charge < -0.3 is 10.2 Å². The number of nitrogens with one attached hydrogen (secondary N) is 1. The molecule has 1 aliphatic rings. The van der Waals surface area contributed by atoms with Crippen LogP contribution in [0.25, 0.3) is 0 Å². The highest BCUT2D eigenvalue weighted by Crippen LogP contribution is 2.23. The maximum atomic E-state index is 13.6. The number of halogens is 4. The maximum Gasteiger partial charge on any atom is 0.322 e. The second-order valence-electron chi connectivity index (χ2n) is 6.07. The number of piperazine rings is 1. The second-order valence-corrected chi connectivity index (χ2v) is 6.88. The Morgan fingerprint density at radius 1 is 1.00 bits per heavy atom. The number of rotatable bonds is 3. The minimum atomic E-state index is -0.795. The summed E-state index contributed by atoms with van der Waals surface area (Å²) >= 11 is 11.9. The number of carbonyl (C=O) groups excluding carboxylic acids is 1. The molecule has 1 heterocycles. The normalized spacial score (nSPS) is 15.2. The number of carbonyl (C=O) groups is 1. The van der Waals surface area contributed by atoms with Gasteiger partial charge in [-0.25, -0.2) is 13.6 Å². The van der Waals surface area contributed by atoms with Crippen molar-refractivity contribution in [3.8, 4) is 0 Å². The van der Waals surface area contributed by atoms with Gasteiger partial charge >= 0.3 is 6.03 Å². The maximum absolute atomic E-state index is 13.6. The van der Waals surface area contributed by atoms with Crippen LogP contribution in [-0.4, -0.2) is 42.0 Å². The highest BCUT2D eigenvalue weighted by Gasteiger charge is 2.22. The first-order valence-electron chi connectivity index (χ1n) is 8.09. The van der Waals surface area contributed by atoms with Gasteiger partial charge in [-0.3, -0.25) is 4.90 Å². The lowest BCUT2D eigenvalue weighted by Gasteiger charge is -2.34. The number of urea groups is 1. The van der Waals surface area contributed by atoms with Gasteiger partial charge in [0.15, 0.2) is 0 Å². The van der Waals surface area contributed by atoms with Crippen molar-refractivity contribution in [1.29, 1.82) is 0 Å². The molecule has 8 heteroatoms. The van der Waals surface area contributed by atoms with Crippen LogP contribution in [0.4, 0.5) is 19.3 Å². The lowest BCUT2D eigenvalue weighted by Crippen LogP contribution is -2.49. The van der Waals surface area contributed by atoms with Gasteiger partial charge in [-0.1, -0.05) is 29.3 Å². The van der Waals surface area contributed by atoms with Gasteiger partial charge in [-0.15, -0.1) is 0 Å². The summed E-state index contributed by atoms with van der Waals surface area (Å²) in [6.07, 6.45) is 0. The van der Waals surface area contributed by atoms with Crippen LogP contribution in [0, 0.1) is 11.6 Å². The van der Waals surface area contributed by atoms with Crippen molar-refractivity contribution in [2.45, 2.75) is 6.54 Å². The van der Waals surface area contributed by atoms with E-state index >= 15 is 0 Å². The SMILES string of the molecule is O=C(Nc1ccc(F)cc1F)N1CCN(Cc2ccc(Cl)c(Cl)c2)CC1. The predicted octanol–water partition coefficient (Wildman–Crippen LogP) is 4.62. The van der Waals surface area contributed by atoms with E-state index < -0.39 is 17.7 Å². The quantitative estimate of drug-likeness (QED) is 0.816. The van der Waals surface area contributed by atoms with E-state index in [-0.39, 0.29) is 5.69 Å². The molecule has 2 aromatic rings. The fraction of sp³-hybridized carbons (Fsp3) is 0.278. The topological polar surface area (TPSA) is 35.6 Å². The van der Waals surface area contributed by atoms with Crippen LogP contribution in [0.5, 0.6) is 0 Å². The summed E-state index contributed by atoms with van der Waals surface area (Å²) in [5.74, 6) is -1.48. The molecule has 2 aromatic carbocycles. The summed E-state index contributed by atoms with van der Waals surface area (Å²) in [6.45, 7) is 3.09. The molecule has 3 rings (SSSR count). The van der Waals surface area contributed by atoms with Crippen molar-refractivity contribution in [2.75, 3.05) is 31.5 Å². The molecule has 138 valence electrons. The number of hydrogen-bond acceptors (Lipinski definition) is 2. The van der Waals surface area contributed by atoms with Crippen LogP contribution < -0.4 is 5.32 Å². The predicted molar refractivity (Wildman–Crippen MR) is 98.7 cm³/mol. The molecule has 0 bridgehead atoms. The summed E-state index contributed by atoms with van der Waals surface area (Å²) in [7, 11) is 0. The standard InChI is InChI=1S/C18H17Cl2F2N3O/c19-14-3-1-12(9-15(14)20)11-24-5-7-25(8-6-24)18(26)23-17-4-2-13(21)10-16(17)22/h1-4,9-10H,5-8,11H2,(H,23,26). The van der Waals surface area contributed by atoms with Crippen molar-refractivity contribution < 1.29 is 13.6 Å². The molecule has 4 nitrogen and oxygen atoms in total. The molecular formula is C18H17Cl2F2N3O. The number of hydrogen-bond donors (Lipinski definition) is 1. The average Bonchev–Trinajstić information content (AvgIpc) is 2.61. The first-order chi connectivity index (χ1) is 12.4. The minimum Gasteiger partial charge on any atom is -0.322 e. The van der Waals surface area contributed by atoms with E-state index in [1.165, 1.54) is 6.07 Å². The Morgan fingerprint density at radius 3 is 2.38 bits per heavy atom. The zero-order valence-corrected chi connectivity index (χ0v) is 15.3. The number of benzene rings is 2. The zero-order chi connectivity index (χ0) is 18.7. The summed E-state index contributed by atoms with van der Waals surface area (Å²) in [5, 5.41) is 3.52. The molecule has 26 heavy (non-hydrogen) atoms. The lowest BCUT2D eigenvalue weighted by molar-refractivity contribution is 0.143. The molecule has 1 saturated heterocycles. The summed E-state index contributed by atoms with van der Waals surface area (Å²) < 4.78 is 26.6. The van der Waals surface area contributed by atoms with E-state index in [2.05, 4.69) is 10.2 Å². The molecule has 1 fully saturated rings. The molecule has 0 spiro atoms. The largest absolute Gasteiger partial charge is 0.322 e. The molecule has 0 unspecified atom stereocenters. The molecule has 0 aromatic heterocycles. The smallest absolute Gasteiger partial charge is 0.322 e. The Hall–Kier alpha value is -1.89. The van der Waals surface area contributed by atoms with Crippen LogP contribution in [0.15, 0.2) is 36.4 Å². The van der Waals surface area contributed by atoms with E-state index in [1.807, 2.05) is 12.1 Å². The zero-order valence-electron chi connectivity index (χ0n) is 13.8. The molecule has 0 radical (unpaired) electrons. The van der Waals surface area contributed by atoms with Crippen molar-refractivity contribution in [1.82, 2.24) is 9.80 Å². The van der Waals surface area contributed by atoms with Gasteiger partial charge in [0.25, 0.3) is 0 Å². The van der Waals surface area contributed by atoms with E-state index in [0.29, 0.717) is 42.8 Å². The van der Waals surface area contributed by atoms with Gasteiger partial charge in [-0.2, -0.15) is 0 Å². The van der Waals surface area contributed by atoms with Crippen molar-refractivity contribution in [2.24, 2.45) is 0 Å². The third-order valence-electron chi connectivity index (χ3n) is 4.22. The Labute approximate surface area is 160 Å². The first-order valence-corrected chi connectivity index (χ1v) is 8.85. The van der Waals surface area contributed by atoms with Crippen LogP contribution >= 0.6 is 23.2 Å². The summed E-state index contributed by atoms with van der Waals surface area (Å²) in [4.78, 5) is 16.1. The molecule has 1 aliphatic heterocycles. The Kier molecular flexibility index (Phi) is 5.96. The molecule has 0 saturated carbocycles. The van der Waals surface area contributed by atoms with E-state index in [4.69, 9.17) is 23.2 Å². The minimum absolute atomic E-state index is 0.0327. The third-order valence-corrected chi connectivity index (χ3v) is 4.96. The van der Waals surface area contributed by atoms with Crippen molar-refractivity contribution in [3.05, 3.63) is 63.6 Å². The van der Waals surface area contributed by atoms with Gasteiger partial charge in [-0.05, 0) is 29.8 Å². The fourth-order valence-electron chi connectivity index (χ4n) is 2.79. The highest BCUT2D eigenvalue weighted by molar-refractivity contribution is 6.42. The average molecular weight is 400 g/mol. The van der Waals surface area contributed by atoms with Crippen LogP contribution in [-0.2, 0) is 6.54 Å². The molecule has 2 amide bonds. The summed E-state index contributed by atoms with van der Waals surface area (Å²) in [5.41, 5.74) is 1.01. The van der Waals surface area contributed by atoms with Gasteiger partial charge in [0.1, 0.15) is 11.6 Å². The molecule has 1 N–H and O–H groups in total. The third kappa shape index (κ3) is 4.63. The Bertz CT molecular complexity index is 811. The number of amides is 2. The first kappa shape index (κ1) is 18.9. The number of nitrogens with zero attached hydrogens (tertiary/aromatic N) is 2. The van der Waals surface area contributed by atoms with E-state index in [9.17, 15) is 13.6 Å². The fourth-order valence-corrected chi connectivity index (χ4v) is 3.11. The highest BCUT2D eigenvalue weighted by atomic mass is 35.5. The van der Waals surface area contributed by atoms with Gasteiger partial charge in [0, 0.05) is 38.8 Å². The summed E-state index contributed by atoms with van der Waals surface area (Å²) in [6, 6.07) is 8.18. The van der Waals surface area contributed by atoms with Crippen molar-refractivity contribution >= 4 is 34.9 Å². The van der Waals surface area contributed by atoms with Crippen LogP contribution in [0.1, 0.15) is 5.56 Å². The van der Waals surface area contributed by atoms with Gasteiger partial charge in [0.05, 0.1) is 15.7 Å². The Balaban J connectivity index is 1.52.